The van der Waals surface area contributed by atoms with E-state index in [0.29, 0.717) is 56.3 Å². The number of amides is 1. The number of carbonyl (C=O) groups excluding carboxylic acids is 1. The van der Waals surface area contributed by atoms with E-state index in [2.05, 4.69) is 4.90 Å². The van der Waals surface area contributed by atoms with Gasteiger partial charge in [0.15, 0.2) is 11.5 Å². The van der Waals surface area contributed by atoms with Crippen molar-refractivity contribution < 1.29 is 22.7 Å². The quantitative estimate of drug-likeness (QED) is 0.696. The van der Waals surface area contributed by atoms with Crippen molar-refractivity contribution in [2.75, 3.05) is 66.2 Å². The largest absolute Gasteiger partial charge is 0.454 e. The number of likely N-dealkylation sites (N-methyl/N-ethyl adjacent to an activating group) is 1. The second kappa shape index (κ2) is 7.27. The summed E-state index contributed by atoms with van der Waals surface area (Å²) in [5.41, 5.74) is 0.459. The molecule has 0 aromatic heterocycles. The minimum atomic E-state index is -3.47. The normalized spacial score (nSPS) is 22.2. The second-order valence-electron chi connectivity index (χ2n) is 6.94. The van der Waals surface area contributed by atoms with Crippen LogP contribution in [0, 0.1) is 0 Å². The van der Waals surface area contributed by atoms with E-state index >= 15 is 0 Å². The Morgan fingerprint density at radius 1 is 0.926 bits per heavy atom. The monoisotopic (exact) mass is 396 g/mol. The summed E-state index contributed by atoms with van der Waals surface area (Å²) in [5.74, 6) is 0.876. The lowest BCUT2D eigenvalue weighted by Gasteiger charge is -2.39. The number of para-hydroxylation sites is 1. The van der Waals surface area contributed by atoms with Crippen LogP contribution in [0.2, 0.25) is 0 Å². The Labute approximate surface area is 159 Å². The Kier molecular flexibility index (Phi) is 4.97. The topological polar surface area (TPSA) is 82.6 Å². The lowest BCUT2D eigenvalue weighted by molar-refractivity contribution is 0.0687. The van der Waals surface area contributed by atoms with Gasteiger partial charge in [0.05, 0.1) is 5.56 Å². The third-order valence-electron chi connectivity index (χ3n) is 5.27. The smallest absolute Gasteiger partial charge is 0.282 e. The second-order valence-corrected chi connectivity index (χ2v) is 8.87. The van der Waals surface area contributed by atoms with Crippen molar-refractivity contribution >= 4 is 16.1 Å². The first-order valence-electron chi connectivity index (χ1n) is 9.08. The third kappa shape index (κ3) is 3.49. The van der Waals surface area contributed by atoms with E-state index in [0.717, 1.165) is 13.1 Å². The van der Waals surface area contributed by atoms with Gasteiger partial charge in [-0.25, -0.2) is 0 Å². The van der Waals surface area contributed by atoms with Gasteiger partial charge in [0.25, 0.3) is 16.1 Å². The van der Waals surface area contributed by atoms with Crippen molar-refractivity contribution in [3.05, 3.63) is 23.8 Å². The summed E-state index contributed by atoms with van der Waals surface area (Å²) in [4.78, 5) is 16.7. The maximum Gasteiger partial charge on any atom is 0.282 e. The molecule has 3 aliphatic rings. The van der Waals surface area contributed by atoms with Crippen LogP contribution in [0.25, 0.3) is 0 Å². The fraction of sp³-hybridized carbons (Fsp3) is 0.588. The fourth-order valence-corrected chi connectivity index (χ4v) is 5.15. The zero-order valence-corrected chi connectivity index (χ0v) is 16.2. The maximum absolute atomic E-state index is 12.9. The molecule has 0 aliphatic carbocycles. The first-order chi connectivity index (χ1) is 13.0. The Morgan fingerprint density at radius 3 is 2.22 bits per heavy atom. The molecular weight excluding hydrogens is 372 g/mol. The van der Waals surface area contributed by atoms with E-state index in [1.54, 1.807) is 27.4 Å². The predicted octanol–water partition coefficient (Wildman–Crippen LogP) is -0.335. The molecular formula is C17H24N4O5S. The number of carbonyl (C=O) groups is 1. The standard InChI is InChI=1S/C17H24N4O5S/c1-18-5-9-20(10-6-18)27(23,24)21-11-7-19(8-12-21)17(22)14-3-2-4-15-16(14)26-13-25-15/h2-4H,5-13H2,1H3. The van der Waals surface area contributed by atoms with Crippen molar-refractivity contribution in [1.29, 1.82) is 0 Å². The van der Waals surface area contributed by atoms with Crippen LogP contribution in [0.4, 0.5) is 0 Å². The molecule has 1 amide bonds. The lowest BCUT2D eigenvalue weighted by atomic mass is 10.1. The summed E-state index contributed by atoms with van der Waals surface area (Å²) in [6.45, 7) is 3.90. The highest BCUT2D eigenvalue weighted by Crippen LogP contribution is 2.36. The molecule has 0 N–H and O–H groups in total. The highest BCUT2D eigenvalue weighted by atomic mass is 32.2. The minimum absolute atomic E-state index is 0.108. The molecule has 148 valence electrons. The molecule has 2 saturated heterocycles. The lowest BCUT2D eigenvalue weighted by Crippen LogP contribution is -2.57. The van der Waals surface area contributed by atoms with Gasteiger partial charge in [0, 0.05) is 52.4 Å². The number of fused-ring (bicyclic) bond motifs is 1. The number of piperazine rings is 2. The number of nitrogens with zero attached hydrogens (tertiary/aromatic N) is 4. The zero-order valence-electron chi connectivity index (χ0n) is 15.3. The number of benzene rings is 1. The van der Waals surface area contributed by atoms with Gasteiger partial charge >= 0.3 is 0 Å². The molecule has 2 fully saturated rings. The number of ether oxygens (including phenoxy) is 2. The van der Waals surface area contributed by atoms with Gasteiger partial charge in [-0.15, -0.1) is 0 Å². The van der Waals surface area contributed by atoms with E-state index in [-0.39, 0.29) is 12.7 Å². The molecule has 10 heteroatoms. The molecule has 0 radical (unpaired) electrons. The molecule has 0 bridgehead atoms. The molecule has 0 saturated carbocycles. The number of hydrogen-bond donors (Lipinski definition) is 0. The van der Waals surface area contributed by atoms with Gasteiger partial charge < -0.3 is 19.3 Å². The predicted molar refractivity (Wildman–Crippen MR) is 98.0 cm³/mol. The Hall–Kier alpha value is -1.88. The van der Waals surface area contributed by atoms with E-state index in [1.807, 2.05) is 7.05 Å². The average molecular weight is 396 g/mol. The molecule has 3 aliphatic heterocycles. The third-order valence-corrected chi connectivity index (χ3v) is 7.30. The highest BCUT2D eigenvalue weighted by molar-refractivity contribution is 7.86. The molecule has 4 rings (SSSR count). The van der Waals surface area contributed by atoms with Crippen molar-refractivity contribution in [3.63, 3.8) is 0 Å². The van der Waals surface area contributed by atoms with Crippen LogP contribution in [0.15, 0.2) is 18.2 Å². The minimum Gasteiger partial charge on any atom is -0.454 e. The van der Waals surface area contributed by atoms with Crippen LogP contribution in [0.1, 0.15) is 10.4 Å². The summed E-state index contributed by atoms with van der Waals surface area (Å²) in [6.07, 6.45) is 0. The number of rotatable bonds is 3. The van der Waals surface area contributed by atoms with Gasteiger partial charge in [0.2, 0.25) is 6.79 Å². The Bertz CT molecular complexity index is 815. The van der Waals surface area contributed by atoms with Crippen molar-refractivity contribution in [1.82, 2.24) is 18.4 Å². The average Bonchev–Trinajstić information content (AvgIpc) is 3.17. The van der Waals surface area contributed by atoms with E-state index in [4.69, 9.17) is 9.47 Å². The van der Waals surface area contributed by atoms with E-state index in [9.17, 15) is 13.2 Å². The van der Waals surface area contributed by atoms with Crippen LogP contribution in [-0.2, 0) is 10.2 Å². The van der Waals surface area contributed by atoms with Crippen LogP contribution >= 0.6 is 0 Å². The first-order valence-corrected chi connectivity index (χ1v) is 10.5. The van der Waals surface area contributed by atoms with Gasteiger partial charge in [-0.3, -0.25) is 4.79 Å². The van der Waals surface area contributed by atoms with Crippen LogP contribution in [-0.4, -0.2) is 98.9 Å². The Balaban J connectivity index is 1.40. The van der Waals surface area contributed by atoms with Crippen molar-refractivity contribution in [3.8, 4) is 11.5 Å². The maximum atomic E-state index is 12.9. The summed E-state index contributed by atoms with van der Waals surface area (Å²) in [6, 6.07) is 5.23. The van der Waals surface area contributed by atoms with E-state index in [1.165, 1.54) is 4.31 Å². The molecule has 9 nitrogen and oxygen atoms in total. The van der Waals surface area contributed by atoms with Crippen LogP contribution < -0.4 is 9.47 Å². The summed E-state index contributed by atoms with van der Waals surface area (Å²) in [7, 11) is -1.48. The summed E-state index contributed by atoms with van der Waals surface area (Å²) in [5, 5.41) is 0. The van der Waals surface area contributed by atoms with Gasteiger partial charge in [-0.05, 0) is 19.2 Å². The SMILES string of the molecule is CN1CCN(S(=O)(=O)N2CCN(C(=O)c3cccc4c3OCO4)CC2)CC1. The first kappa shape index (κ1) is 18.5. The van der Waals surface area contributed by atoms with Crippen LogP contribution in [0.5, 0.6) is 11.5 Å². The summed E-state index contributed by atoms with van der Waals surface area (Å²) >= 11 is 0. The summed E-state index contributed by atoms with van der Waals surface area (Å²) < 4.78 is 39.4. The zero-order chi connectivity index (χ0) is 19.0. The van der Waals surface area contributed by atoms with Crippen molar-refractivity contribution in [2.24, 2.45) is 0 Å². The molecule has 3 heterocycles. The molecule has 0 unspecified atom stereocenters. The fourth-order valence-electron chi connectivity index (χ4n) is 3.57. The molecule has 1 aromatic carbocycles. The van der Waals surface area contributed by atoms with Gasteiger partial charge in [-0.2, -0.15) is 17.0 Å². The Morgan fingerprint density at radius 2 is 1.56 bits per heavy atom. The number of hydrogen-bond acceptors (Lipinski definition) is 6. The van der Waals surface area contributed by atoms with Gasteiger partial charge in [-0.1, -0.05) is 6.07 Å². The molecule has 27 heavy (non-hydrogen) atoms. The molecule has 0 atom stereocenters. The van der Waals surface area contributed by atoms with Crippen molar-refractivity contribution in [2.45, 2.75) is 0 Å². The molecule has 0 spiro atoms. The van der Waals surface area contributed by atoms with Crippen LogP contribution in [0.3, 0.4) is 0 Å². The van der Waals surface area contributed by atoms with E-state index < -0.39 is 10.2 Å². The highest BCUT2D eigenvalue weighted by Gasteiger charge is 2.35. The molecule has 1 aromatic rings. The van der Waals surface area contributed by atoms with Gasteiger partial charge in [0.1, 0.15) is 0 Å².